The van der Waals surface area contributed by atoms with E-state index in [2.05, 4.69) is 48.8 Å². The Morgan fingerprint density at radius 3 is 2.50 bits per heavy atom. The van der Waals surface area contributed by atoms with E-state index in [1.807, 2.05) is 0 Å². The SMILES string of the molecule is CCCCCC(O)c1cc(C)c(Br)cc1C. The number of unbranched alkanes of at least 4 members (excludes halogenated alkanes) is 2. The van der Waals surface area contributed by atoms with E-state index in [1.165, 1.54) is 24.0 Å². The van der Waals surface area contributed by atoms with Crippen molar-refractivity contribution in [3.8, 4) is 0 Å². The highest BCUT2D eigenvalue weighted by Gasteiger charge is 2.11. The van der Waals surface area contributed by atoms with E-state index in [-0.39, 0.29) is 6.10 Å². The van der Waals surface area contributed by atoms with Gasteiger partial charge in [-0.05, 0) is 43.0 Å². The molecule has 0 radical (unpaired) electrons. The van der Waals surface area contributed by atoms with Crippen LogP contribution in [0.25, 0.3) is 0 Å². The third-order valence-electron chi connectivity index (χ3n) is 2.99. The molecule has 16 heavy (non-hydrogen) atoms. The van der Waals surface area contributed by atoms with Crippen molar-refractivity contribution in [1.82, 2.24) is 0 Å². The Hall–Kier alpha value is -0.340. The molecule has 90 valence electrons. The zero-order chi connectivity index (χ0) is 12.1. The predicted molar refractivity (Wildman–Crippen MR) is 72.7 cm³/mol. The molecule has 0 heterocycles. The van der Waals surface area contributed by atoms with Crippen LogP contribution in [0.4, 0.5) is 0 Å². The number of rotatable bonds is 5. The first kappa shape index (κ1) is 13.7. The summed E-state index contributed by atoms with van der Waals surface area (Å²) < 4.78 is 1.12. The van der Waals surface area contributed by atoms with E-state index >= 15 is 0 Å². The van der Waals surface area contributed by atoms with E-state index in [9.17, 15) is 5.11 Å². The molecule has 0 aromatic heterocycles. The lowest BCUT2D eigenvalue weighted by atomic mass is 9.97. The van der Waals surface area contributed by atoms with Crippen molar-refractivity contribution < 1.29 is 5.11 Å². The summed E-state index contributed by atoms with van der Waals surface area (Å²) in [6, 6.07) is 4.18. The second-order valence-electron chi connectivity index (χ2n) is 4.47. The lowest BCUT2D eigenvalue weighted by Gasteiger charge is -2.15. The minimum atomic E-state index is -0.307. The molecule has 0 saturated heterocycles. The van der Waals surface area contributed by atoms with Gasteiger partial charge in [-0.3, -0.25) is 0 Å². The fourth-order valence-corrected chi connectivity index (χ4v) is 2.36. The van der Waals surface area contributed by atoms with Crippen LogP contribution in [0.2, 0.25) is 0 Å². The smallest absolute Gasteiger partial charge is 0.0792 e. The molecular formula is C14H21BrO. The molecule has 0 aliphatic rings. The first-order chi connectivity index (χ1) is 7.56. The van der Waals surface area contributed by atoms with E-state index in [0.29, 0.717) is 0 Å². The molecule has 1 unspecified atom stereocenters. The standard InChI is InChI=1S/C14H21BrO/c1-4-5-6-7-14(16)12-8-11(3)13(15)9-10(12)2/h8-9,14,16H,4-7H2,1-3H3. The van der Waals surface area contributed by atoms with Gasteiger partial charge in [-0.1, -0.05) is 48.2 Å². The number of benzene rings is 1. The van der Waals surface area contributed by atoms with Gasteiger partial charge in [0.05, 0.1) is 6.10 Å². The van der Waals surface area contributed by atoms with Crippen molar-refractivity contribution in [2.24, 2.45) is 0 Å². The molecule has 1 aromatic carbocycles. The molecule has 1 nitrogen and oxygen atoms in total. The topological polar surface area (TPSA) is 20.2 Å². The van der Waals surface area contributed by atoms with Crippen LogP contribution in [0.1, 0.15) is 55.4 Å². The minimum Gasteiger partial charge on any atom is -0.388 e. The Balaban J connectivity index is 2.75. The van der Waals surface area contributed by atoms with E-state index < -0.39 is 0 Å². The maximum absolute atomic E-state index is 10.1. The number of aryl methyl sites for hydroxylation is 2. The van der Waals surface area contributed by atoms with Crippen LogP contribution in [-0.4, -0.2) is 5.11 Å². The summed E-state index contributed by atoms with van der Waals surface area (Å²) in [4.78, 5) is 0. The molecule has 1 aromatic rings. The third kappa shape index (κ3) is 3.60. The largest absolute Gasteiger partial charge is 0.388 e. The van der Waals surface area contributed by atoms with Gasteiger partial charge in [0.25, 0.3) is 0 Å². The molecule has 0 amide bonds. The molecular weight excluding hydrogens is 264 g/mol. The third-order valence-corrected chi connectivity index (χ3v) is 3.84. The van der Waals surface area contributed by atoms with E-state index in [0.717, 1.165) is 22.9 Å². The Morgan fingerprint density at radius 2 is 1.88 bits per heavy atom. The highest BCUT2D eigenvalue weighted by Crippen LogP contribution is 2.28. The Morgan fingerprint density at radius 1 is 1.19 bits per heavy atom. The van der Waals surface area contributed by atoms with Crippen LogP contribution in [0.5, 0.6) is 0 Å². The Bertz CT molecular complexity index is 347. The summed E-state index contributed by atoms with van der Waals surface area (Å²) in [7, 11) is 0. The maximum atomic E-state index is 10.1. The van der Waals surface area contributed by atoms with Gasteiger partial charge in [-0.2, -0.15) is 0 Å². The van der Waals surface area contributed by atoms with Crippen LogP contribution in [0.3, 0.4) is 0 Å². The summed E-state index contributed by atoms with van der Waals surface area (Å²) in [6.45, 7) is 6.30. The number of halogens is 1. The Kier molecular flexibility index (Phi) is 5.50. The van der Waals surface area contributed by atoms with Crippen molar-refractivity contribution in [2.45, 2.75) is 52.6 Å². The zero-order valence-electron chi connectivity index (χ0n) is 10.4. The van der Waals surface area contributed by atoms with Crippen LogP contribution < -0.4 is 0 Å². The molecule has 0 aliphatic heterocycles. The van der Waals surface area contributed by atoms with E-state index in [1.54, 1.807) is 0 Å². The van der Waals surface area contributed by atoms with Crippen molar-refractivity contribution in [1.29, 1.82) is 0 Å². The van der Waals surface area contributed by atoms with Crippen molar-refractivity contribution >= 4 is 15.9 Å². The first-order valence-electron chi connectivity index (χ1n) is 6.01. The molecule has 0 aliphatic carbocycles. The summed E-state index contributed by atoms with van der Waals surface area (Å²) in [5, 5.41) is 10.1. The summed E-state index contributed by atoms with van der Waals surface area (Å²) in [5.41, 5.74) is 3.44. The monoisotopic (exact) mass is 284 g/mol. The second kappa shape index (κ2) is 6.41. The fourth-order valence-electron chi connectivity index (χ4n) is 1.91. The van der Waals surface area contributed by atoms with Gasteiger partial charge in [-0.15, -0.1) is 0 Å². The van der Waals surface area contributed by atoms with Gasteiger partial charge in [0, 0.05) is 4.47 Å². The van der Waals surface area contributed by atoms with Gasteiger partial charge >= 0.3 is 0 Å². The van der Waals surface area contributed by atoms with Crippen LogP contribution in [0, 0.1) is 13.8 Å². The average molecular weight is 285 g/mol. The van der Waals surface area contributed by atoms with E-state index in [4.69, 9.17) is 0 Å². The van der Waals surface area contributed by atoms with Gasteiger partial charge in [0.15, 0.2) is 0 Å². The molecule has 0 spiro atoms. The fraction of sp³-hybridized carbons (Fsp3) is 0.571. The molecule has 0 bridgehead atoms. The summed E-state index contributed by atoms with van der Waals surface area (Å²) in [6.07, 6.45) is 4.07. The quantitative estimate of drug-likeness (QED) is 0.779. The molecule has 1 N–H and O–H groups in total. The van der Waals surface area contributed by atoms with Crippen LogP contribution in [0.15, 0.2) is 16.6 Å². The van der Waals surface area contributed by atoms with Gasteiger partial charge < -0.3 is 5.11 Å². The Labute approximate surface area is 107 Å². The lowest BCUT2D eigenvalue weighted by Crippen LogP contribution is -2.01. The second-order valence-corrected chi connectivity index (χ2v) is 5.32. The number of hydrogen-bond acceptors (Lipinski definition) is 1. The highest BCUT2D eigenvalue weighted by molar-refractivity contribution is 9.10. The molecule has 1 rings (SSSR count). The average Bonchev–Trinajstić information content (AvgIpc) is 2.23. The summed E-state index contributed by atoms with van der Waals surface area (Å²) in [5.74, 6) is 0. The first-order valence-corrected chi connectivity index (χ1v) is 6.80. The van der Waals surface area contributed by atoms with Gasteiger partial charge in [0.1, 0.15) is 0 Å². The lowest BCUT2D eigenvalue weighted by molar-refractivity contribution is 0.163. The van der Waals surface area contributed by atoms with Crippen LogP contribution >= 0.6 is 15.9 Å². The predicted octanol–water partition coefficient (Wildman–Crippen LogP) is 4.68. The molecule has 0 fully saturated rings. The van der Waals surface area contributed by atoms with Crippen LogP contribution in [-0.2, 0) is 0 Å². The normalized spacial score (nSPS) is 12.8. The van der Waals surface area contributed by atoms with Crippen molar-refractivity contribution in [3.05, 3.63) is 33.3 Å². The molecule has 2 heteroatoms. The van der Waals surface area contributed by atoms with Crippen molar-refractivity contribution in [2.75, 3.05) is 0 Å². The maximum Gasteiger partial charge on any atom is 0.0792 e. The molecule has 0 saturated carbocycles. The highest BCUT2D eigenvalue weighted by atomic mass is 79.9. The number of aliphatic hydroxyl groups is 1. The van der Waals surface area contributed by atoms with Gasteiger partial charge in [0.2, 0.25) is 0 Å². The zero-order valence-corrected chi connectivity index (χ0v) is 12.0. The number of aliphatic hydroxyl groups excluding tert-OH is 1. The minimum absolute atomic E-state index is 0.307. The summed E-state index contributed by atoms with van der Waals surface area (Å²) >= 11 is 3.51. The van der Waals surface area contributed by atoms with Gasteiger partial charge in [-0.25, -0.2) is 0 Å². The molecule has 1 atom stereocenters. The number of hydrogen-bond donors (Lipinski definition) is 1. The van der Waals surface area contributed by atoms with Crippen molar-refractivity contribution in [3.63, 3.8) is 0 Å².